The second-order valence-corrected chi connectivity index (χ2v) is 5.86. The molecule has 1 aliphatic heterocycles. The largest absolute Gasteiger partial charge is 0.478 e. The Morgan fingerprint density at radius 2 is 1.95 bits per heavy atom. The summed E-state index contributed by atoms with van der Waals surface area (Å²) >= 11 is 3.50. The first kappa shape index (κ1) is 13.2. The van der Waals surface area contributed by atoms with Crippen molar-refractivity contribution in [1.29, 1.82) is 0 Å². The van der Waals surface area contributed by atoms with Gasteiger partial charge in [-0.3, -0.25) is 0 Å². The third-order valence-electron chi connectivity index (χ3n) is 3.61. The van der Waals surface area contributed by atoms with Crippen LogP contribution in [-0.4, -0.2) is 17.6 Å². The Balaban J connectivity index is 1.78. The van der Waals surface area contributed by atoms with Crippen LogP contribution in [-0.2, 0) is 13.0 Å². The van der Waals surface area contributed by atoms with Crippen LogP contribution in [0.15, 0.2) is 46.9 Å². The Morgan fingerprint density at radius 1 is 1.20 bits per heavy atom. The average molecular weight is 332 g/mol. The van der Waals surface area contributed by atoms with Gasteiger partial charge >= 0.3 is 5.97 Å². The monoisotopic (exact) mass is 331 g/mol. The predicted octanol–water partition coefficient (Wildman–Crippen LogP) is 3.71. The minimum atomic E-state index is -0.882. The number of carboxylic acid groups (broad SMARTS) is 1. The van der Waals surface area contributed by atoms with Crippen LogP contribution in [0.3, 0.4) is 0 Å². The summed E-state index contributed by atoms with van der Waals surface area (Å²) < 4.78 is 1.11. The molecule has 0 radical (unpaired) electrons. The van der Waals surface area contributed by atoms with Gasteiger partial charge in [-0.25, -0.2) is 4.79 Å². The van der Waals surface area contributed by atoms with Crippen molar-refractivity contribution < 1.29 is 9.90 Å². The van der Waals surface area contributed by atoms with Crippen molar-refractivity contribution in [2.45, 2.75) is 13.0 Å². The minimum absolute atomic E-state index is 0.333. The Hall–Kier alpha value is -1.81. The van der Waals surface area contributed by atoms with Crippen LogP contribution in [0, 0.1) is 0 Å². The highest BCUT2D eigenvalue weighted by molar-refractivity contribution is 9.10. The van der Waals surface area contributed by atoms with E-state index in [0.717, 1.165) is 29.5 Å². The summed E-state index contributed by atoms with van der Waals surface area (Å²) in [5.74, 6) is -0.882. The SMILES string of the molecule is O=C(O)c1ccc(CN2CCc3cc(Br)ccc32)cc1. The highest BCUT2D eigenvalue weighted by atomic mass is 79.9. The predicted molar refractivity (Wildman–Crippen MR) is 82.3 cm³/mol. The van der Waals surface area contributed by atoms with Crippen molar-refractivity contribution in [3.63, 3.8) is 0 Å². The lowest BCUT2D eigenvalue weighted by atomic mass is 10.1. The summed E-state index contributed by atoms with van der Waals surface area (Å²) in [5.41, 5.74) is 4.10. The van der Waals surface area contributed by atoms with E-state index >= 15 is 0 Å². The molecule has 0 aromatic heterocycles. The van der Waals surface area contributed by atoms with Crippen LogP contribution >= 0.6 is 15.9 Å². The lowest BCUT2D eigenvalue weighted by Crippen LogP contribution is -2.19. The Bertz CT molecular complexity index is 652. The fourth-order valence-electron chi connectivity index (χ4n) is 2.58. The van der Waals surface area contributed by atoms with Crippen LogP contribution in [0.2, 0.25) is 0 Å². The molecular weight excluding hydrogens is 318 g/mol. The number of rotatable bonds is 3. The number of halogens is 1. The third-order valence-corrected chi connectivity index (χ3v) is 4.10. The van der Waals surface area contributed by atoms with E-state index in [-0.39, 0.29) is 0 Å². The van der Waals surface area contributed by atoms with E-state index in [1.807, 2.05) is 12.1 Å². The molecule has 0 aliphatic carbocycles. The van der Waals surface area contributed by atoms with Crippen molar-refractivity contribution >= 4 is 27.6 Å². The normalized spacial score (nSPS) is 13.3. The number of hydrogen-bond acceptors (Lipinski definition) is 2. The van der Waals surface area contributed by atoms with Crippen LogP contribution in [0.1, 0.15) is 21.5 Å². The zero-order valence-corrected chi connectivity index (χ0v) is 12.4. The van der Waals surface area contributed by atoms with Crippen LogP contribution < -0.4 is 4.90 Å². The van der Waals surface area contributed by atoms with E-state index in [4.69, 9.17) is 5.11 Å². The topological polar surface area (TPSA) is 40.5 Å². The van der Waals surface area contributed by atoms with Crippen molar-refractivity contribution in [2.24, 2.45) is 0 Å². The van der Waals surface area contributed by atoms with E-state index in [1.165, 1.54) is 11.3 Å². The maximum Gasteiger partial charge on any atom is 0.335 e. The maximum absolute atomic E-state index is 10.8. The van der Waals surface area contributed by atoms with E-state index < -0.39 is 5.97 Å². The molecule has 3 rings (SSSR count). The van der Waals surface area contributed by atoms with Gasteiger partial charge < -0.3 is 10.0 Å². The number of carboxylic acids is 1. The Labute approximate surface area is 126 Å². The number of benzene rings is 2. The summed E-state index contributed by atoms with van der Waals surface area (Å²) in [6.07, 6.45) is 1.06. The van der Waals surface area contributed by atoms with Crippen molar-refractivity contribution in [1.82, 2.24) is 0 Å². The lowest BCUT2D eigenvalue weighted by molar-refractivity contribution is 0.0697. The zero-order chi connectivity index (χ0) is 14.1. The zero-order valence-electron chi connectivity index (χ0n) is 10.8. The highest BCUT2D eigenvalue weighted by Gasteiger charge is 2.19. The molecule has 1 heterocycles. The molecule has 102 valence electrons. The molecule has 2 aromatic carbocycles. The van der Waals surface area contributed by atoms with Gasteiger partial charge in [-0.05, 0) is 47.9 Å². The van der Waals surface area contributed by atoms with Crippen LogP contribution in [0.25, 0.3) is 0 Å². The number of aromatic carboxylic acids is 1. The smallest absolute Gasteiger partial charge is 0.335 e. The third kappa shape index (κ3) is 2.56. The molecule has 20 heavy (non-hydrogen) atoms. The van der Waals surface area contributed by atoms with Crippen molar-refractivity contribution in [2.75, 3.05) is 11.4 Å². The molecule has 3 nitrogen and oxygen atoms in total. The molecule has 0 spiro atoms. The molecule has 1 N–H and O–H groups in total. The quantitative estimate of drug-likeness (QED) is 0.931. The number of hydrogen-bond donors (Lipinski definition) is 1. The van der Waals surface area contributed by atoms with E-state index in [0.29, 0.717) is 5.56 Å². The first-order chi connectivity index (χ1) is 9.63. The highest BCUT2D eigenvalue weighted by Crippen LogP contribution is 2.31. The van der Waals surface area contributed by atoms with Crippen molar-refractivity contribution in [3.05, 3.63) is 63.6 Å². The van der Waals surface area contributed by atoms with E-state index in [1.54, 1.807) is 12.1 Å². The van der Waals surface area contributed by atoms with Gasteiger partial charge in [-0.15, -0.1) is 0 Å². The van der Waals surface area contributed by atoms with Crippen molar-refractivity contribution in [3.8, 4) is 0 Å². The molecule has 0 bridgehead atoms. The molecule has 0 amide bonds. The molecule has 0 saturated heterocycles. The molecule has 4 heteroatoms. The maximum atomic E-state index is 10.8. The van der Waals surface area contributed by atoms with Crippen LogP contribution in [0.4, 0.5) is 5.69 Å². The molecular formula is C16H14BrNO2. The van der Waals surface area contributed by atoms with Gasteiger partial charge in [0.1, 0.15) is 0 Å². The average Bonchev–Trinajstić information content (AvgIpc) is 2.81. The van der Waals surface area contributed by atoms with Gasteiger partial charge in [0.25, 0.3) is 0 Å². The van der Waals surface area contributed by atoms with E-state index in [2.05, 4.69) is 39.0 Å². The van der Waals surface area contributed by atoms with Gasteiger partial charge in [0.15, 0.2) is 0 Å². The molecule has 2 aromatic rings. The summed E-state index contributed by atoms with van der Waals surface area (Å²) in [4.78, 5) is 13.2. The molecule has 1 aliphatic rings. The van der Waals surface area contributed by atoms with Gasteiger partial charge in [0, 0.05) is 23.2 Å². The first-order valence-corrected chi connectivity index (χ1v) is 7.28. The molecule has 0 unspecified atom stereocenters. The van der Waals surface area contributed by atoms with E-state index in [9.17, 15) is 4.79 Å². The summed E-state index contributed by atoms with van der Waals surface area (Å²) in [6, 6.07) is 13.5. The number of carbonyl (C=O) groups is 1. The second kappa shape index (κ2) is 5.29. The van der Waals surface area contributed by atoms with Gasteiger partial charge in [0.05, 0.1) is 5.56 Å². The number of anilines is 1. The summed E-state index contributed by atoms with van der Waals surface area (Å²) in [6.45, 7) is 1.82. The Kier molecular flexibility index (Phi) is 3.49. The van der Waals surface area contributed by atoms with Gasteiger partial charge in [0.2, 0.25) is 0 Å². The molecule has 0 saturated carbocycles. The van der Waals surface area contributed by atoms with Gasteiger partial charge in [-0.1, -0.05) is 28.1 Å². The first-order valence-electron chi connectivity index (χ1n) is 6.49. The summed E-state index contributed by atoms with van der Waals surface area (Å²) in [7, 11) is 0. The lowest BCUT2D eigenvalue weighted by Gasteiger charge is -2.19. The van der Waals surface area contributed by atoms with Crippen LogP contribution in [0.5, 0.6) is 0 Å². The fourth-order valence-corrected chi connectivity index (χ4v) is 2.98. The fraction of sp³-hybridized carbons (Fsp3) is 0.188. The second-order valence-electron chi connectivity index (χ2n) is 4.95. The number of fused-ring (bicyclic) bond motifs is 1. The summed E-state index contributed by atoms with van der Waals surface area (Å²) in [5, 5.41) is 8.90. The molecule has 0 atom stereocenters. The van der Waals surface area contributed by atoms with Gasteiger partial charge in [-0.2, -0.15) is 0 Å². The Morgan fingerprint density at radius 3 is 2.65 bits per heavy atom. The molecule has 0 fully saturated rings. The minimum Gasteiger partial charge on any atom is -0.478 e. The number of nitrogens with zero attached hydrogens (tertiary/aromatic N) is 1. The standard InChI is InChI=1S/C16H14BrNO2/c17-14-5-6-15-13(9-14)7-8-18(15)10-11-1-3-12(4-2-11)16(19)20/h1-6,9H,7-8,10H2,(H,19,20).